The van der Waals surface area contributed by atoms with Gasteiger partial charge in [-0.3, -0.25) is 4.90 Å². The van der Waals surface area contributed by atoms with Crippen molar-refractivity contribution in [2.75, 3.05) is 4.90 Å². The number of benzene rings is 8. The molecule has 0 aliphatic heterocycles. The van der Waals surface area contributed by atoms with Crippen molar-refractivity contribution >= 4 is 99.0 Å². The van der Waals surface area contributed by atoms with Gasteiger partial charge >= 0.3 is 0 Å². The highest BCUT2D eigenvalue weighted by molar-refractivity contribution is 6.23. The van der Waals surface area contributed by atoms with Crippen LogP contribution < -0.4 is 4.90 Å². The maximum Gasteiger partial charge on any atom is 0.159 e. The maximum atomic E-state index is 7.29. The van der Waals surface area contributed by atoms with Crippen LogP contribution in [-0.2, 0) is 0 Å². The summed E-state index contributed by atoms with van der Waals surface area (Å²) < 4.78 is 21.2. The average molecular weight is 744 g/mol. The second-order valence-corrected chi connectivity index (χ2v) is 15.5. The molecule has 272 valence electrons. The Hall–Kier alpha value is -7.56. The molecule has 11 aromatic rings. The van der Waals surface area contributed by atoms with Gasteiger partial charge in [-0.2, -0.15) is 0 Å². The minimum atomic E-state index is 0.150. The van der Waals surface area contributed by atoms with Crippen LogP contribution in [0, 0.1) is 5.92 Å². The molecule has 0 N–H and O–H groups in total. The van der Waals surface area contributed by atoms with Gasteiger partial charge < -0.3 is 13.3 Å². The van der Waals surface area contributed by atoms with Gasteiger partial charge in [-0.15, -0.1) is 0 Å². The SMILES string of the molecule is C1=CC2C=C(c3ccccc3)c3oc4c(N(c5cccc6c5oc5ccc7ccccc7c56)c5cccc6c5oc5ccc7ccccc7c56)cccc4c3C2C=C1. The Kier molecular flexibility index (Phi) is 6.53. The van der Waals surface area contributed by atoms with E-state index in [2.05, 4.69) is 193 Å². The number of rotatable bonds is 4. The van der Waals surface area contributed by atoms with Crippen molar-refractivity contribution in [3.8, 4) is 0 Å². The van der Waals surface area contributed by atoms with Gasteiger partial charge in [0.25, 0.3) is 0 Å². The lowest BCUT2D eigenvalue weighted by molar-refractivity contribution is 0.573. The standard InChI is InChI=1S/C54H33NO3/c1-2-13-32(14-3-1)42-31-35-17-6-9-20-38(35)50-41-23-12-26-45(53(41)58-54(42)50)55(43-24-10-21-39-48-36-18-7-4-15-33(36)27-29-46(48)56-51(39)43)44-25-11-22-40-49-37-19-8-5-16-34(37)28-30-47(49)57-52(40)44/h1-31,35,38H. The summed E-state index contributed by atoms with van der Waals surface area (Å²) in [5, 5.41) is 10.1. The molecule has 0 saturated carbocycles. The molecule has 13 rings (SSSR count). The zero-order valence-electron chi connectivity index (χ0n) is 31.2. The average Bonchev–Trinajstić information content (AvgIpc) is 4.00. The summed E-state index contributed by atoms with van der Waals surface area (Å²) in [6, 6.07) is 55.7. The van der Waals surface area contributed by atoms with Gasteiger partial charge in [-0.05, 0) is 57.4 Å². The molecule has 0 saturated heterocycles. The topological polar surface area (TPSA) is 42.7 Å². The number of anilines is 3. The third kappa shape index (κ3) is 4.40. The second-order valence-electron chi connectivity index (χ2n) is 15.5. The van der Waals surface area contributed by atoms with Crippen LogP contribution in [0.3, 0.4) is 0 Å². The molecule has 0 amide bonds. The van der Waals surface area contributed by atoms with Crippen LogP contribution in [0.2, 0.25) is 0 Å². The highest BCUT2D eigenvalue weighted by Crippen LogP contribution is 2.53. The zero-order chi connectivity index (χ0) is 37.9. The lowest BCUT2D eigenvalue weighted by Gasteiger charge is -2.28. The van der Waals surface area contributed by atoms with Crippen LogP contribution in [0.1, 0.15) is 22.8 Å². The monoisotopic (exact) mass is 743 g/mol. The molecule has 3 aromatic heterocycles. The molecule has 4 heteroatoms. The van der Waals surface area contributed by atoms with E-state index >= 15 is 0 Å². The minimum Gasteiger partial charge on any atom is -0.454 e. The summed E-state index contributed by atoms with van der Waals surface area (Å²) in [6.07, 6.45) is 11.3. The molecule has 2 unspecified atom stereocenters. The molecular weight excluding hydrogens is 711 g/mol. The first-order valence-corrected chi connectivity index (χ1v) is 19.9. The van der Waals surface area contributed by atoms with E-state index in [-0.39, 0.29) is 11.8 Å². The fourth-order valence-corrected chi connectivity index (χ4v) is 9.86. The zero-order valence-corrected chi connectivity index (χ0v) is 31.2. The summed E-state index contributed by atoms with van der Waals surface area (Å²) in [5.41, 5.74) is 10.3. The van der Waals surface area contributed by atoms with Crippen molar-refractivity contribution < 1.29 is 13.3 Å². The second kappa shape index (κ2) is 12.0. The maximum absolute atomic E-state index is 7.29. The minimum absolute atomic E-state index is 0.150. The van der Waals surface area contributed by atoms with Crippen molar-refractivity contribution in [2.45, 2.75) is 5.92 Å². The van der Waals surface area contributed by atoms with Crippen LogP contribution >= 0.6 is 0 Å². The first-order chi connectivity index (χ1) is 28.8. The van der Waals surface area contributed by atoms with E-state index in [1.54, 1.807) is 0 Å². The summed E-state index contributed by atoms with van der Waals surface area (Å²) in [6.45, 7) is 0. The summed E-state index contributed by atoms with van der Waals surface area (Å²) >= 11 is 0. The molecule has 0 fully saturated rings. The number of furan rings is 3. The number of hydrogen-bond acceptors (Lipinski definition) is 4. The largest absolute Gasteiger partial charge is 0.454 e. The predicted molar refractivity (Wildman–Crippen MR) is 238 cm³/mol. The molecule has 2 aliphatic carbocycles. The van der Waals surface area contributed by atoms with Crippen molar-refractivity contribution in [3.05, 3.63) is 205 Å². The fourth-order valence-electron chi connectivity index (χ4n) is 9.86. The Bertz CT molecular complexity index is 3440. The third-order valence-electron chi connectivity index (χ3n) is 12.4. The lowest BCUT2D eigenvalue weighted by Crippen LogP contribution is -2.15. The van der Waals surface area contributed by atoms with E-state index in [4.69, 9.17) is 13.3 Å². The number of fused-ring (bicyclic) bond motifs is 15. The first-order valence-electron chi connectivity index (χ1n) is 19.9. The molecule has 0 bridgehead atoms. The summed E-state index contributed by atoms with van der Waals surface area (Å²) in [7, 11) is 0. The van der Waals surface area contributed by atoms with E-state index in [1.807, 2.05) is 0 Å². The molecule has 0 radical (unpaired) electrons. The van der Waals surface area contributed by atoms with E-state index in [0.717, 1.165) is 88.8 Å². The molecule has 8 aromatic carbocycles. The van der Waals surface area contributed by atoms with Crippen molar-refractivity contribution in [1.29, 1.82) is 0 Å². The van der Waals surface area contributed by atoms with Gasteiger partial charge in [0.15, 0.2) is 16.7 Å². The number of allylic oxidation sites excluding steroid dienone is 5. The number of para-hydroxylation sites is 3. The Morgan fingerprint density at radius 1 is 0.414 bits per heavy atom. The van der Waals surface area contributed by atoms with Crippen molar-refractivity contribution in [3.63, 3.8) is 0 Å². The van der Waals surface area contributed by atoms with E-state index in [1.165, 1.54) is 27.1 Å². The Morgan fingerprint density at radius 3 is 1.55 bits per heavy atom. The smallest absolute Gasteiger partial charge is 0.159 e. The van der Waals surface area contributed by atoms with Gasteiger partial charge in [-0.25, -0.2) is 0 Å². The van der Waals surface area contributed by atoms with Crippen LogP contribution in [0.5, 0.6) is 0 Å². The first kappa shape index (κ1) is 31.6. The van der Waals surface area contributed by atoms with E-state index in [9.17, 15) is 0 Å². The van der Waals surface area contributed by atoms with E-state index < -0.39 is 0 Å². The van der Waals surface area contributed by atoms with Crippen molar-refractivity contribution in [1.82, 2.24) is 0 Å². The van der Waals surface area contributed by atoms with Gasteiger partial charge in [0.2, 0.25) is 0 Å². The third-order valence-corrected chi connectivity index (χ3v) is 12.4. The van der Waals surface area contributed by atoms with Gasteiger partial charge in [-0.1, -0.05) is 158 Å². The molecule has 3 heterocycles. The van der Waals surface area contributed by atoms with Crippen molar-refractivity contribution in [2.24, 2.45) is 5.92 Å². The molecule has 0 spiro atoms. The molecule has 4 nitrogen and oxygen atoms in total. The Balaban J connectivity index is 1.14. The Labute approximate surface area is 332 Å². The molecule has 2 atom stereocenters. The van der Waals surface area contributed by atoms with Gasteiger partial charge in [0, 0.05) is 49.9 Å². The normalized spacial score (nSPS) is 16.2. The predicted octanol–water partition coefficient (Wildman–Crippen LogP) is 15.3. The van der Waals surface area contributed by atoms with E-state index in [0.29, 0.717) is 0 Å². The number of nitrogens with zero attached hydrogens (tertiary/aromatic N) is 1. The van der Waals surface area contributed by atoms with Crippen LogP contribution in [0.15, 0.2) is 201 Å². The number of hydrogen-bond donors (Lipinski definition) is 0. The molecule has 2 aliphatic rings. The highest BCUT2D eigenvalue weighted by Gasteiger charge is 2.35. The summed E-state index contributed by atoms with van der Waals surface area (Å²) in [4.78, 5) is 2.30. The van der Waals surface area contributed by atoms with Gasteiger partial charge in [0.05, 0.1) is 17.1 Å². The molecule has 58 heavy (non-hydrogen) atoms. The fraction of sp³-hybridized carbons (Fsp3) is 0.0370. The van der Waals surface area contributed by atoms with Gasteiger partial charge in [0.1, 0.15) is 16.9 Å². The summed E-state index contributed by atoms with van der Waals surface area (Å²) in [5.74, 6) is 1.28. The van der Waals surface area contributed by atoms with Crippen LogP contribution in [0.25, 0.3) is 82.0 Å². The lowest BCUT2D eigenvalue weighted by atomic mass is 9.75. The Morgan fingerprint density at radius 2 is 0.931 bits per heavy atom. The van der Waals surface area contributed by atoms with Crippen LogP contribution in [-0.4, -0.2) is 0 Å². The highest BCUT2D eigenvalue weighted by atomic mass is 16.3. The quantitative estimate of drug-likeness (QED) is 0.180. The molecular formula is C54H33NO3. The van der Waals surface area contributed by atoms with Crippen LogP contribution in [0.4, 0.5) is 17.1 Å².